The molecule has 1 atom stereocenters. The summed E-state index contributed by atoms with van der Waals surface area (Å²) in [5.74, 6) is 0.426. The number of amides is 1. The van der Waals surface area contributed by atoms with Crippen LogP contribution in [0.5, 0.6) is 0 Å². The van der Waals surface area contributed by atoms with E-state index in [-0.39, 0.29) is 16.9 Å². The van der Waals surface area contributed by atoms with Crippen molar-refractivity contribution in [1.82, 2.24) is 5.32 Å². The van der Waals surface area contributed by atoms with Gasteiger partial charge in [0, 0.05) is 13.0 Å². The van der Waals surface area contributed by atoms with Gasteiger partial charge in [-0.25, -0.2) is 0 Å². The number of rotatable bonds is 4. The zero-order valence-corrected chi connectivity index (χ0v) is 11.0. The molecule has 0 aromatic heterocycles. The summed E-state index contributed by atoms with van der Waals surface area (Å²) in [7, 11) is 0. The van der Waals surface area contributed by atoms with Crippen LogP contribution in [-0.4, -0.2) is 18.0 Å². The minimum absolute atomic E-state index is 0.0244. The van der Waals surface area contributed by atoms with Gasteiger partial charge >= 0.3 is 0 Å². The van der Waals surface area contributed by atoms with Crippen LogP contribution in [0.3, 0.4) is 0 Å². The van der Waals surface area contributed by atoms with Gasteiger partial charge in [0.1, 0.15) is 0 Å². The summed E-state index contributed by atoms with van der Waals surface area (Å²) >= 11 is 0. The van der Waals surface area contributed by atoms with E-state index < -0.39 is 0 Å². The van der Waals surface area contributed by atoms with Crippen LogP contribution in [0.1, 0.15) is 48.0 Å². The van der Waals surface area contributed by atoms with Crippen LogP contribution in [0.15, 0.2) is 0 Å². The van der Waals surface area contributed by atoms with Crippen molar-refractivity contribution < 1.29 is 4.79 Å². The van der Waals surface area contributed by atoms with Crippen LogP contribution in [0.2, 0.25) is 0 Å². The second-order valence-electron chi connectivity index (χ2n) is 6.06. The monoisotopic (exact) mass is 214 g/mol. The summed E-state index contributed by atoms with van der Waals surface area (Å²) < 4.78 is 0. The topological polar surface area (TPSA) is 55.1 Å². The lowest BCUT2D eigenvalue weighted by molar-refractivity contribution is -0.125. The van der Waals surface area contributed by atoms with E-state index in [1.165, 1.54) is 0 Å². The quantitative estimate of drug-likeness (QED) is 0.751. The number of nitrogens with two attached hydrogens (primary N) is 1. The third-order valence-electron chi connectivity index (χ3n) is 2.81. The van der Waals surface area contributed by atoms with Crippen LogP contribution in [0.4, 0.5) is 0 Å². The SMILES string of the molecule is CC(C)C(C)(CN)NC(=O)CC(C)(C)C. The molecule has 0 rings (SSSR count). The van der Waals surface area contributed by atoms with Crippen LogP contribution in [0, 0.1) is 11.3 Å². The zero-order chi connectivity index (χ0) is 12.3. The first-order chi connectivity index (χ1) is 6.60. The molecule has 0 aromatic rings. The van der Waals surface area contributed by atoms with Gasteiger partial charge in [0.25, 0.3) is 0 Å². The van der Waals surface area contributed by atoms with E-state index >= 15 is 0 Å². The van der Waals surface area contributed by atoms with Gasteiger partial charge in [-0.2, -0.15) is 0 Å². The molecule has 0 bridgehead atoms. The second-order valence-corrected chi connectivity index (χ2v) is 6.06. The Morgan fingerprint density at radius 3 is 2.00 bits per heavy atom. The minimum Gasteiger partial charge on any atom is -0.349 e. The summed E-state index contributed by atoms with van der Waals surface area (Å²) in [5, 5.41) is 3.04. The van der Waals surface area contributed by atoms with Gasteiger partial charge < -0.3 is 11.1 Å². The highest BCUT2D eigenvalue weighted by Gasteiger charge is 2.29. The van der Waals surface area contributed by atoms with Crippen LogP contribution in [0.25, 0.3) is 0 Å². The van der Waals surface area contributed by atoms with Gasteiger partial charge in [-0.15, -0.1) is 0 Å². The van der Waals surface area contributed by atoms with Crippen molar-refractivity contribution in [2.45, 2.75) is 53.5 Å². The third-order valence-corrected chi connectivity index (χ3v) is 2.81. The zero-order valence-electron chi connectivity index (χ0n) is 11.0. The van der Waals surface area contributed by atoms with Crippen LogP contribution >= 0.6 is 0 Å². The Hall–Kier alpha value is -0.570. The number of carbonyl (C=O) groups excluding carboxylic acids is 1. The van der Waals surface area contributed by atoms with Gasteiger partial charge in [0.15, 0.2) is 0 Å². The molecule has 0 fully saturated rings. The first-order valence-electron chi connectivity index (χ1n) is 5.62. The highest BCUT2D eigenvalue weighted by molar-refractivity contribution is 5.77. The number of hydrogen-bond acceptors (Lipinski definition) is 2. The van der Waals surface area contributed by atoms with E-state index in [0.29, 0.717) is 18.9 Å². The molecule has 0 saturated carbocycles. The van der Waals surface area contributed by atoms with Crippen LogP contribution in [-0.2, 0) is 4.79 Å². The highest BCUT2D eigenvalue weighted by atomic mass is 16.1. The Morgan fingerprint density at radius 1 is 1.27 bits per heavy atom. The average Bonchev–Trinajstić information content (AvgIpc) is 1.99. The van der Waals surface area contributed by atoms with E-state index in [0.717, 1.165) is 0 Å². The smallest absolute Gasteiger partial charge is 0.220 e. The number of nitrogens with one attached hydrogen (secondary N) is 1. The predicted octanol–water partition coefficient (Wildman–Crippen LogP) is 1.91. The molecule has 3 nitrogen and oxygen atoms in total. The van der Waals surface area contributed by atoms with Crippen molar-refractivity contribution in [2.24, 2.45) is 17.1 Å². The maximum atomic E-state index is 11.8. The third kappa shape index (κ3) is 5.17. The molecule has 0 spiro atoms. The van der Waals surface area contributed by atoms with Gasteiger partial charge in [0.2, 0.25) is 5.91 Å². The lowest BCUT2D eigenvalue weighted by atomic mass is 9.86. The molecular formula is C12H26N2O. The first kappa shape index (κ1) is 14.4. The fraction of sp³-hybridized carbons (Fsp3) is 0.917. The summed E-state index contributed by atoms with van der Waals surface area (Å²) in [4.78, 5) is 11.8. The van der Waals surface area contributed by atoms with Crippen molar-refractivity contribution in [3.05, 3.63) is 0 Å². The summed E-state index contributed by atoms with van der Waals surface area (Å²) in [6, 6.07) is 0. The highest BCUT2D eigenvalue weighted by Crippen LogP contribution is 2.20. The molecule has 1 unspecified atom stereocenters. The molecule has 0 aromatic carbocycles. The fourth-order valence-electron chi connectivity index (χ4n) is 1.28. The van der Waals surface area contributed by atoms with E-state index in [2.05, 4.69) is 39.9 Å². The molecule has 0 radical (unpaired) electrons. The first-order valence-corrected chi connectivity index (χ1v) is 5.62. The maximum absolute atomic E-state index is 11.8. The fourth-order valence-corrected chi connectivity index (χ4v) is 1.28. The molecule has 15 heavy (non-hydrogen) atoms. The molecule has 0 saturated heterocycles. The average molecular weight is 214 g/mol. The molecule has 3 heteroatoms. The summed E-state index contributed by atoms with van der Waals surface area (Å²) in [6.07, 6.45) is 0.537. The normalized spacial score (nSPS) is 16.3. The Kier molecular flexibility index (Phi) is 4.78. The van der Waals surface area contributed by atoms with Crippen LogP contribution < -0.4 is 11.1 Å². The number of carbonyl (C=O) groups is 1. The lowest BCUT2D eigenvalue weighted by Gasteiger charge is -2.34. The van der Waals surface area contributed by atoms with Gasteiger partial charge in [0.05, 0.1) is 5.54 Å². The number of hydrogen-bond donors (Lipinski definition) is 2. The van der Waals surface area contributed by atoms with Crippen molar-refractivity contribution in [2.75, 3.05) is 6.54 Å². The molecule has 0 aliphatic carbocycles. The maximum Gasteiger partial charge on any atom is 0.220 e. The van der Waals surface area contributed by atoms with E-state index in [4.69, 9.17) is 5.73 Å². The molecule has 1 amide bonds. The van der Waals surface area contributed by atoms with Crippen molar-refractivity contribution in [3.63, 3.8) is 0 Å². The summed E-state index contributed by atoms with van der Waals surface area (Å²) in [6.45, 7) is 12.8. The standard InChI is InChI=1S/C12H26N2O/c1-9(2)12(6,8-13)14-10(15)7-11(3,4)5/h9H,7-8,13H2,1-6H3,(H,14,15). The largest absolute Gasteiger partial charge is 0.349 e. The van der Waals surface area contributed by atoms with E-state index in [1.54, 1.807) is 0 Å². The Balaban J connectivity index is 4.39. The van der Waals surface area contributed by atoms with Gasteiger partial charge in [-0.3, -0.25) is 4.79 Å². The molecule has 90 valence electrons. The lowest BCUT2D eigenvalue weighted by Crippen LogP contribution is -2.55. The van der Waals surface area contributed by atoms with Crippen molar-refractivity contribution in [1.29, 1.82) is 0 Å². The molecular weight excluding hydrogens is 188 g/mol. The summed E-state index contributed by atoms with van der Waals surface area (Å²) in [5.41, 5.74) is 5.44. The molecule has 3 N–H and O–H groups in total. The Bertz CT molecular complexity index is 218. The van der Waals surface area contributed by atoms with Crippen molar-refractivity contribution in [3.8, 4) is 0 Å². The minimum atomic E-state index is -0.289. The predicted molar refractivity (Wildman–Crippen MR) is 64.5 cm³/mol. The van der Waals surface area contributed by atoms with Crippen molar-refractivity contribution >= 4 is 5.91 Å². The van der Waals surface area contributed by atoms with Gasteiger partial charge in [-0.05, 0) is 18.3 Å². The molecule has 0 heterocycles. The Labute approximate surface area is 93.8 Å². The van der Waals surface area contributed by atoms with E-state index in [9.17, 15) is 4.79 Å². The van der Waals surface area contributed by atoms with Gasteiger partial charge in [-0.1, -0.05) is 34.6 Å². The van der Waals surface area contributed by atoms with E-state index in [1.807, 2.05) is 6.92 Å². The molecule has 0 aliphatic rings. The Morgan fingerprint density at radius 2 is 1.73 bits per heavy atom. The second kappa shape index (κ2) is 4.97. The molecule has 0 aliphatic heterocycles.